The van der Waals surface area contributed by atoms with E-state index in [-0.39, 0.29) is 33.0 Å². The first-order chi connectivity index (χ1) is 12.2. The van der Waals surface area contributed by atoms with Crippen molar-refractivity contribution >= 4 is 33.2 Å². The zero-order chi connectivity index (χ0) is 19.3. The fourth-order valence-electron chi connectivity index (χ4n) is 2.12. The maximum Gasteiger partial charge on any atom is 0.261 e. The first kappa shape index (κ1) is 20.1. The van der Waals surface area contributed by atoms with Crippen molar-refractivity contribution in [3.8, 4) is 5.75 Å². The van der Waals surface area contributed by atoms with Gasteiger partial charge in [0, 0.05) is 12.2 Å². The zero-order valence-electron chi connectivity index (χ0n) is 14.7. The number of ether oxygens (including phenoxy) is 1. The molecule has 0 spiro atoms. The molecule has 8 heteroatoms. The number of anilines is 1. The van der Waals surface area contributed by atoms with Gasteiger partial charge in [0.1, 0.15) is 5.75 Å². The predicted molar refractivity (Wildman–Crippen MR) is 102 cm³/mol. The van der Waals surface area contributed by atoms with Crippen LogP contribution in [0, 0.1) is 5.92 Å². The van der Waals surface area contributed by atoms with Crippen molar-refractivity contribution in [2.75, 3.05) is 18.4 Å². The molecule has 26 heavy (non-hydrogen) atoms. The first-order valence-electron chi connectivity index (χ1n) is 7.97. The molecule has 2 aromatic carbocycles. The Bertz CT molecular complexity index is 881. The minimum absolute atomic E-state index is 0.0825. The van der Waals surface area contributed by atoms with E-state index in [0.717, 1.165) is 0 Å². The second-order valence-corrected chi connectivity index (χ2v) is 8.17. The summed E-state index contributed by atoms with van der Waals surface area (Å²) in [5.41, 5.74) is 0.460. The Hall–Kier alpha value is -2.25. The molecule has 0 saturated carbocycles. The Labute approximate surface area is 158 Å². The second kappa shape index (κ2) is 8.42. The van der Waals surface area contributed by atoms with Crippen molar-refractivity contribution in [1.29, 1.82) is 0 Å². The van der Waals surface area contributed by atoms with Crippen LogP contribution < -0.4 is 14.8 Å². The summed E-state index contributed by atoms with van der Waals surface area (Å²) < 4.78 is 32.5. The number of halogens is 1. The van der Waals surface area contributed by atoms with Gasteiger partial charge in [0.15, 0.2) is 0 Å². The molecule has 2 rings (SSSR count). The van der Waals surface area contributed by atoms with Crippen molar-refractivity contribution in [3.63, 3.8) is 0 Å². The second-order valence-electron chi connectivity index (χ2n) is 6.08. The van der Waals surface area contributed by atoms with Gasteiger partial charge >= 0.3 is 0 Å². The van der Waals surface area contributed by atoms with Crippen LogP contribution in [0.15, 0.2) is 47.4 Å². The van der Waals surface area contributed by atoms with Gasteiger partial charge in [-0.15, -0.1) is 0 Å². The topological polar surface area (TPSA) is 84.5 Å². The lowest BCUT2D eigenvalue weighted by atomic mass is 10.1. The third kappa shape index (κ3) is 5.12. The Morgan fingerprint density at radius 3 is 2.38 bits per heavy atom. The molecule has 0 radical (unpaired) electrons. The molecular weight excluding hydrogens is 376 g/mol. The number of amides is 1. The zero-order valence-corrected chi connectivity index (χ0v) is 16.3. The number of methoxy groups -OCH3 is 1. The summed E-state index contributed by atoms with van der Waals surface area (Å²) in [4.78, 5) is 12.3. The molecule has 0 aromatic heterocycles. The maximum absolute atomic E-state index is 12.5. The van der Waals surface area contributed by atoms with Gasteiger partial charge < -0.3 is 10.1 Å². The molecule has 2 N–H and O–H groups in total. The summed E-state index contributed by atoms with van der Waals surface area (Å²) in [7, 11) is -2.30. The van der Waals surface area contributed by atoms with E-state index < -0.39 is 10.0 Å². The van der Waals surface area contributed by atoms with E-state index in [1.54, 1.807) is 12.1 Å². The minimum Gasteiger partial charge on any atom is -0.497 e. The highest BCUT2D eigenvalue weighted by Crippen LogP contribution is 2.24. The third-order valence-electron chi connectivity index (χ3n) is 3.50. The van der Waals surface area contributed by atoms with Crippen LogP contribution in [0.2, 0.25) is 5.02 Å². The van der Waals surface area contributed by atoms with Crippen LogP contribution in [-0.4, -0.2) is 28.0 Å². The van der Waals surface area contributed by atoms with Gasteiger partial charge in [0.05, 0.1) is 22.6 Å². The fourth-order valence-corrected chi connectivity index (χ4v) is 3.38. The van der Waals surface area contributed by atoms with Crippen LogP contribution in [0.25, 0.3) is 0 Å². The molecule has 0 saturated heterocycles. The molecule has 0 unspecified atom stereocenters. The monoisotopic (exact) mass is 396 g/mol. The lowest BCUT2D eigenvalue weighted by Gasteiger charge is -2.12. The van der Waals surface area contributed by atoms with Crippen molar-refractivity contribution in [3.05, 3.63) is 53.1 Å². The highest BCUT2D eigenvalue weighted by atomic mass is 35.5. The van der Waals surface area contributed by atoms with E-state index in [2.05, 4.69) is 10.0 Å². The normalized spacial score (nSPS) is 11.3. The van der Waals surface area contributed by atoms with Gasteiger partial charge in [-0.2, -0.15) is 0 Å². The van der Waals surface area contributed by atoms with Gasteiger partial charge in [0.25, 0.3) is 15.9 Å². The Kier molecular flexibility index (Phi) is 6.50. The van der Waals surface area contributed by atoms with Crippen LogP contribution in [0.5, 0.6) is 5.75 Å². The number of benzene rings is 2. The van der Waals surface area contributed by atoms with Crippen molar-refractivity contribution in [2.24, 2.45) is 5.92 Å². The van der Waals surface area contributed by atoms with Crippen LogP contribution in [0.1, 0.15) is 24.2 Å². The van der Waals surface area contributed by atoms with Crippen LogP contribution in [0.3, 0.4) is 0 Å². The summed E-state index contributed by atoms with van der Waals surface area (Å²) in [6.45, 7) is 4.44. The summed E-state index contributed by atoms with van der Waals surface area (Å²) in [6, 6.07) is 10.4. The number of carbonyl (C=O) groups is 1. The Morgan fingerprint density at radius 2 is 1.81 bits per heavy atom. The third-order valence-corrected chi connectivity index (χ3v) is 5.23. The number of rotatable bonds is 7. The summed E-state index contributed by atoms with van der Waals surface area (Å²) in [5.74, 6) is 0.489. The highest BCUT2D eigenvalue weighted by Gasteiger charge is 2.17. The largest absolute Gasteiger partial charge is 0.497 e. The molecule has 2 aromatic rings. The standard InChI is InChI=1S/C18H21ClN2O4S/c1-12(2)11-20-18(22)16-10-13(4-9-17(16)19)21-26(23,24)15-7-5-14(25-3)6-8-15/h4-10,12,21H,11H2,1-3H3,(H,20,22). The van der Waals surface area contributed by atoms with Crippen molar-refractivity contribution < 1.29 is 17.9 Å². The fraction of sp³-hybridized carbons (Fsp3) is 0.278. The number of sulfonamides is 1. The smallest absolute Gasteiger partial charge is 0.261 e. The molecule has 0 atom stereocenters. The average Bonchev–Trinajstić information content (AvgIpc) is 2.61. The molecule has 0 aliphatic rings. The van der Waals surface area contributed by atoms with Gasteiger partial charge in [0.2, 0.25) is 0 Å². The Balaban J connectivity index is 2.23. The quantitative estimate of drug-likeness (QED) is 0.749. The lowest BCUT2D eigenvalue weighted by molar-refractivity contribution is 0.0949. The molecule has 140 valence electrons. The van der Waals surface area contributed by atoms with Crippen LogP contribution in [-0.2, 0) is 10.0 Å². The van der Waals surface area contributed by atoms with E-state index in [0.29, 0.717) is 12.3 Å². The SMILES string of the molecule is COc1ccc(S(=O)(=O)Nc2ccc(Cl)c(C(=O)NCC(C)C)c2)cc1. The van der Waals surface area contributed by atoms with E-state index in [4.69, 9.17) is 16.3 Å². The van der Waals surface area contributed by atoms with Crippen LogP contribution in [0.4, 0.5) is 5.69 Å². The number of hydrogen-bond donors (Lipinski definition) is 2. The number of nitrogens with one attached hydrogen (secondary N) is 2. The summed E-state index contributed by atoms with van der Waals surface area (Å²) in [5, 5.41) is 3.01. The van der Waals surface area contributed by atoms with E-state index >= 15 is 0 Å². The lowest BCUT2D eigenvalue weighted by Crippen LogP contribution is -2.27. The van der Waals surface area contributed by atoms with E-state index in [1.165, 1.54) is 37.4 Å². The predicted octanol–water partition coefficient (Wildman–Crippen LogP) is 3.54. The number of hydrogen-bond acceptors (Lipinski definition) is 4. The maximum atomic E-state index is 12.5. The molecule has 1 amide bonds. The molecule has 6 nitrogen and oxygen atoms in total. The molecule has 0 bridgehead atoms. The van der Waals surface area contributed by atoms with Crippen LogP contribution >= 0.6 is 11.6 Å². The van der Waals surface area contributed by atoms with Gasteiger partial charge in [-0.05, 0) is 48.4 Å². The molecule has 0 heterocycles. The molecular formula is C18H21ClN2O4S. The van der Waals surface area contributed by atoms with E-state index in [1.807, 2.05) is 13.8 Å². The van der Waals surface area contributed by atoms with Gasteiger partial charge in [-0.1, -0.05) is 25.4 Å². The van der Waals surface area contributed by atoms with Crippen molar-refractivity contribution in [1.82, 2.24) is 5.32 Å². The number of carbonyl (C=O) groups excluding carboxylic acids is 1. The van der Waals surface area contributed by atoms with Gasteiger partial charge in [-0.25, -0.2) is 8.42 Å². The van der Waals surface area contributed by atoms with E-state index in [9.17, 15) is 13.2 Å². The van der Waals surface area contributed by atoms with Crippen molar-refractivity contribution in [2.45, 2.75) is 18.7 Å². The summed E-state index contributed by atoms with van der Waals surface area (Å²) in [6.07, 6.45) is 0. The molecule has 0 aliphatic heterocycles. The minimum atomic E-state index is -3.80. The van der Waals surface area contributed by atoms with Gasteiger partial charge in [-0.3, -0.25) is 9.52 Å². The Morgan fingerprint density at radius 1 is 1.15 bits per heavy atom. The molecule has 0 fully saturated rings. The first-order valence-corrected chi connectivity index (χ1v) is 9.83. The molecule has 0 aliphatic carbocycles. The highest BCUT2D eigenvalue weighted by molar-refractivity contribution is 7.92. The summed E-state index contributed by atoms with van der Waals surface area (Å²) >= 11 is 6.08. The average molecular weight is 397 g/mol.